The molecule has 178 valence electrons. The van der Waals surface area contributed by atoms with E-state index in [9.17, 15) is 9.59 Å². The summed E-state index contributed by atoms with van der Waals surface area (Å²) in [6, 6.07) is 0. The molecule has 4 heteroatoms. The SMILES string of the molecule is CCCCCCCCCCCC(=O)OCCCCCCCCCCCCCC(N)=O. The number of carbonyl (C=O) groups is 2. The molecule has 0 aromatic heterocycles. The molecule has 0 bridgehead atoms. The normalized spacial score (nSPS) is 11.0. The van der Waals surface area contributed by atoms with Gasteiger partial charge in [-0.3, -0.25) is 9.59 Å². The Kier molecular flexibility index (Phi) is 23.4. The van der Waals surface area contributed by atoms with Crippen molar-refractivity contribution in [3.63, 3.8) is 0 Å². The van der Waals surface area contributed by atoms with E-state index in [1.165, 1.54) is 96.3 Å². The lowest BCUT2D eigenvalue weighted by atomic mass is 10.1. The smallest absolute Gasteiger partial charge is 0.305 e. The molecule has 0 aliphatic rings. The number of amides is 1. The van der Waals surface area contributed by atoms with E-state index in [0.717, 1.165) is 32.1 Å². The number of esters is 1. The minimum absolute atomic E-state index is 0.00576. The Morgan fingerprint density at radius 2 is 0.900 bits per heavy atom. The molecule has 30 heavy (non-hydrogen) atoms. The molecule has 4 nitrogen and oxygen atoms in total. The maximum absolute atomic E-state index is 11.7. The first-order chi connectivity index (χ1) is 14.7. The van der Waals surface area contributed by atoms with Gasteiger partial charge in [0.2, 0.25) is 5.91 Å². The predicted molar refractivity (Wildman–Crippen MR) is 127 cm³/mol. The zero-order valence-electron chi connectivity index (χ0n) is 20.1. The van der Waals surface area contributed by atoms with E-state index in [0.29, 0.717) is 19.4 Å². The first-order valence-electron chi connectivity index (χ1n) is 13.1. The summed E-state index contributed by atoms with van der Waals surface area (Å²) in [5.74, 6) is -0.183. The van der Waals surface area contributed by atoms with Gasteiger partial charge in [0, 0.05) is 12.8 Å². The van der Waals surface area contributed by atoms with Crippen LogP contribution in [0.2, 0.25) is 0 Å². The summed E-state index contributed by atoms with van der Waals surface area (Å²) < 4.78 is 5.35. The van der Waals surface area contributed by atoms with Gasteiger partial charge in [0.15, 0.2) is 0 Å². The number of nitrogens with two attached hydrogens (primary N) is 1. The van der Waals surface area contributed by atoms with E-state index in [1.54, 1.807) is 0 Å². The van der Waals surface area contributed by atoms with Crippen LogP contribution < -0.4 is 5.73 Å². The molecule has 2 N–H and O–H groups in total. The van der Waals surface area contributed by atoms with E-state index in [1.807, 2.05) is 0 Å². The molecular weight excluding hydrogens is 374 g/mol. The van der Waals surface area contributed by atoms with E-state index < -0.39 is 0 Å². The third-order valence-corrected chi connectivity index (χ3v) is 5.82. The summed E-state index contributed by atoms with van der Waals surface area (Å²) in [7, 11) is 0. The summed E-state index contributed by atoms with van der Waals surface area (Å²) in [6.07, 6.45) is 25.8. The van der Waals surface area contributed by atoms with Crippen LogP contribution in [0.4, 0.5) is 0 Å². The largest absolute Gasteiger partial charge is 0.466 e. The Labute approximate surface area is 187 Å². The minimum atomic E-state index is -0.177. The molecule has 0 saturated carbocycles. The van der Waals surface area contributed by atoms with Gasteiger partial charge in [-0.1, -0.05) is 116 Å². The van der Waals surface area contributed by atoms with Crippen LogP contribution in [0.25, 0.3) is 0 Å². The van der Waals surface area contributed by atoms with Gasteiger partial charge in [0.05, 0.1) is 6.61 Å². The molecule has 0 aromatic carbocycles. The first kappa shape index (κ1) is 28.9. The van der Waals surface area contributed by atoms with Crippen LogP contribution in [0.15, 0.2) is 0 Å². The van der Waals surface area contributed by atoms with Crippen molar-refractivity contribution in [2.24, 2.45) is 5.73 Å². The van der Waals surface area contributed by atoms with Crippen molar-refractivity contribution in [1.29, 1.82) is 0 Å². The molecule has 0 heterocycles. The molecule has 0 aliphatic heterocycles. The summed E-state index contributed by atoms with van der Waals surface area (Å²) in [6.45, 7) is 2.85. The van der Waals surface area contributed by atoms with E-state index in [-0.39, 0.29) is 11.9 Å². The lowest BCUT2D eigenvalue weighted by Crippen LogP contribution is -2.09. The van der Waals surface area contributed by atoms with Crippen molar-refractivity contribution in [1.82, 2.24) is 0 Å². The maximum Gasteiger partial charge on any atom is 0.305 e. The van der Waals surface area contributed by atoms with Crippen molar-refractivity contribution >= 4 is 11.9 Å². The number of primary amides is 1. The Hall–Kier alpha value is -1.06. The van der Waals surface area contributed by atoms with Crippen molar-refractivity contribution in [3.8, 4) is 0 Å². The molecule has 0 spiro atoms. The van der Waals surface area contributed by atoms with Crippen molar-refractivity contribution in [3.05, 3.63) is 0 Å². The third-order valence-electron chi connectivity index (χ3n) is 5.82. The summed E-state index contributed by atoms with van der Waals surface area (Å²) in [4.78, 5) is 22.4. The molecule has 0 saturated heterocycles. The lowest BCUT2D eigenvalue weighted by molar-refractivity contribution is -0.143. The highest BCUT2D eigenvalue weighted by molar-refractivity contribution is 5.73. The second kappa shape index (κ2) is 24.2. The highest BCUT2D eigenvalue weighted by Gasteiger charge is 2.02. The summed E-state index contributed by atoms with van der Waals surface area (Å²) >= 11 is 0. The molecule has 0 aliphatic carbocycles. The fourth-order valence-electron chi connectivity index (χ4n) is 3.83. The van der Waals surface area contributed by atoms with Crippen LogP contribution in [0.3, 0.4) is 0 Å². The molecule has 0 fully saturated rings. The Morgan fingerprint density at radius 1 is 0.533 bits per heavy atom. The molecule has 0 unspecified atom stereocenters. The Morgan fingerprint density at radius 3 is 1.33 bits per heavy atom. The van der Waals surface area contributed by atoms with E-state index >= 15 is 0 Å². The zero-order chi connectivity index (χ0) is 22.1. The van der Waals surface area contributed by atoms with Gasteiger partial charge < -0.3 is 10.5 Å². The third kappa shape index (κ3) is 25.0. The average Bonchev–Trinajstić information content (AvgIpc) is 2.72. The van der Waals surface area contributed by atoms with Crippen molar-refractivity contribution < 1.29 is 14.3 Å². The second-order valence-electron chi connectivity index (χ2n) is 8.90. The number of hydrogen-bond acceptors (Lipinski definition) is 3. The Balaban J connectivity index is 3.15. The molecule has 0 radical (unpaired) electrons. The van der Waals surface area contributed by atoms with Crippen molar-refractivity contribution in [2.75, 3.05) is 6.61 Å². The number of unbranched alkanes of at least 4 members (excludes halogenated alkanes) is 18. The van der Waals surface area contributed by atoms with Crippen LogP contribution in [0, 0.1) is 0 Å². The van der Waals surface area contributed by atoms with Gasteiger partial charge in [0.1, 0.15) is 0 Å². The topological polar surface area (TPSA) is 69.4 Å². The van der Waals surface area contributed by atoms with Gasteiger partial charge in [-0.2, -0.15) is 0 Å². The van der Waals surface area contributed by atoms with Gasteiger partial charge >= 0.3 is 5.97 Å². The fraction of sp³-hybridized carbons (Fsp3) is 0.923. The van der Waals surface area contributed by atoms with Crippen molar-refractivity contribution in [2.45, 2.75) is 148 Å². The average molecular weight is 426 g/mol. The second-order valence-corrected chi connectivity index (χ2v) is 8.90. The highest BCUT2D eigenvalue weighted by Crippen LogP contribution is 2.13. The highest BCUT2D eigenvalue weighted by atomic mass is 16.5. The van der Waals surface area contributed by atoms with Gasteiger partial charge in [-0.25, -0.2) is 0 Å². The summed E-state index contributed by atoms with van der Waals surface area (Å²) in [5.41, 5.74) is 5.13. The number of rotatable bonds is 24. The Bertz CT molecular complexity index is 384. The predicted octanol–water partition coefficient (Wildman–Crippen LogP) is 7.62. The fourth-order valence-corrected chi connectivity index (χ4v) is 3.83. The van der Waals surface area contributed by atoms with Gasteiger partial charge in [0.25, 0.3) is 0 Å². The van der Waals surface area contributed by atoms with Crippen LogP contribution in [0.5, 0.6) is 0 Å². The van der Waals surface area contributed by atoms with Gasteiger partial charge in [-0.05, 0) is 19.3 Å². The first-order valence-corrected chi connectivity index (χ1v) is 13.1. The van der Waals surface area contributed by atoms with E-state index in [4.69, 9.17) is 10.5 Å². The molecule has 1 amide bonds. The molecular formula is C26H51NO3. The number of carbonyl (C=O) groups excluding carboxylic acids is 2. The van der Waals surface area contributed by atoms with Crippen LogP contribution in [-0.4, -0.2) is 18.5 Å². The standard InChI is InChI=1S/C26H51NO3/c1-2-3-4-5-6-10-14-17-20-23-26(29)30-24-21-18-15-12-9-7-8-11-13-16-19-22-25(27)28/h2-24H2,1H3,(H2,27,28). The lowest BCUT2D eigenvalue weighted by Gasteiger charge is -2.05. The summed E-state index contributed by atoms with van der Waals surface area (Å²) in [5, 5.41) is 0. The van der Waals surface area contributed by atoms with Crippen LogP contribution in [-0.2, 0) is 14.3 Å². The molecule has 0 aromatic rings. The monoisotopic (exact) mass is 425 g/mol. The zero-order valence-corrected chi connectivity index (χ0v) is 20.1. The maximum atomic E-state index is 11.7. The molecule has 0 atom stereocenters. The number of hydrogen-bond donors (Lipinski definition) is 1. The van der Waals surface area contributed by atoms with E-state index in [2.05, 4.69) is 6.92 Å². The number of ether oxygens (including phenoxy) is 1. The quantitative estimate of drug-likeness (QED) is 0.128. The molecule has 0 rings (SSSR count). The minimum Gasteiger partial charge on any atom is -0.466 e. The van der Waals surface area contributed by atoms with Crippen LogP contribution in [0.1, 0.15) is 148 Å². The van der Waals surface area contributed by atoms with Gasteiger partial charge in [-0.15, -0.1) is 0 Å². The van der Waals surface area contributed by atoms with Crippen LogP contribution >= 0.6 is 0 Å².